The van der Waals surface area contributed by atoms with Crippen LogP contribution in [0.3, 0.4) is 0 Å². The second kappa shape index (κ2) is 11.9. The average Bonchev–Trinajstić information content (AvgIpc) is 2.68. The molecule has 0 radical (unpaired) electrons. The van der Waals surface area contributed by atoms with Crippen LogP contribution < -0.4 is 20.1 Å². The zero-order valence-electron chi connectivity index (χ0n) is 16.1. The van der Waals surface area contributed by atoms with Crippen LogP contribution in [-0.4, -0.2) is 24.7 Å². The molecule has 0 aromatic heterocycles. The van der Waals surface area contributed by atoms with Gasteiger partial charge in [-0.25, -0.2) is 0 Å². The van der Waals surface area contributed by atoms with Gasteiger partial charge in [-0.3, -0.25) is 10.1 Å². The Bertz CT molecular complexity index is 814. The number of ether oxygens (including phenoxy) is 2. The highest BCUT2D eigenvalue weighted by Gasteiger charge is 2.11. The first-order valence-electron chi connectivity index (χ1n) is 9.22. The molecule has 0 unspecified atom stereocenters. The summed E-state index contributed by atoms with van der Waals surface area (Å²) in [6.07, 6.45) is 4.65. The summed E-state index contributed by atoms with van der Waals surface area (Å²) in [6.45, 7) is 2.88. The van der Waals surface area contributed by atoms with Crippen molar-refractivity contribution in [2.75, 3.05) is 19.0 Å². The first-order valence-corrected chi connectivity index (χ1v) is 10.7. The standard InChI is InChI=1S/C21H25IN2O3S/c1-3-4-5-6-12-27-17-9-7-8-16(14-17)23-21(28)24-20(25)15-10-11-19(26-2)18(22)13-15/h7-11,13-14H,3-6,12H2,1-2H3,(H2,23,24,25,28). The molecule has 0 fully saturated rings. The van der Waals surface area contributed by atoms with Gasteiger partial charge in [0.05, 0.1) is 17.3 Å². The van der Waals surface area contributed by atoms with Gasteiger partial charge in [-0.1, -0.05) is 32.3 Å². The van der Waals surface area contributed by atoms with Crippen LogP contribution in [-0.2, 0) is 0 Å². The lowest BCUT2D eigenvalue weighted by molar-refractivity contribution is 0.0977. The number of nitrogens with one attached hydrogen (secondary N) is 2. The van der Waals surface area contributed by atoms with E-state index in [2.05, 4.69) is 40.1 Å². The molecule has 0 atom stereocenters. The molecule has 0 aliphatic heterocycles. The predicted octanol–water partition coefficient (Wildman–Crippen LogP) is 5.39. The van der Waals surface area contributed by atoms with Gasteiger partial charge in [-0.05, 0) is 71.6 Å². The van der Waals surface area contributed by atoms with Crippen LogP contribution in [0.25, 0.3) is 0 Å². The molecule has 0 aliphatic rings. The number of hydrogen-bond acceptors (Lipinski definition) is 4. The summed E-state index contributed by atoms with van der Waals surface area (Å²) in [6, 6.07) is 12.8. The van der Waals surface area contributed by atoms with E-state index in [-0.39, 0.29) is 11.0 Å². The number of hydrogen-bond donors (Lipinski definition) is 2. The maximum absolute atomic E-state index is 12.4. The molecule has 7 heteroatoms. The van der Waals surface area contributed by atoms with Crippen molar-refractivity contribution < 1.29 is 14.3 Å². The topological polar surface area (TPSA) is 59.6 Å². The second-order valence-corrected chi connectivity index (χ2v) is 7.76. The largest absolute Gasteiger partial charge is 0.496 e. The lowest BCUT2D eigenvalue weighted by Crippen LogP contribution is -2.34. The van der Waals surface area contributed by atoms with Crippen molar-refractivity contribution in [2.45, 2.75) is 32.6 Å². The Labute approximate surface area is 185 Å². The average molecular weight is 512 g/mol. The number of carbonyl (C=O) groups is 1. The molecular weight excluding hydrogens is 487 g/mol. The first-order chi connectivity index (χ1) is 13.5. The van der Waals surface area contributed by atoms with Gasteiger partial charge in [0.2, 0.25) is 0 Å². The minimum absolute atomic E-state index is 0.232. The number of thiocarbonyl (C=S) groups is 1. The highest BCUT2D eigenvalue weighted by molar-refractivity contribution is 14.1. The summed E-state index contributed by atoms with van der Waals surface area (Å²) >= 11 is 7.39. The number of methoxy groups -OCH3 is 1. The first kappa shape index (κ1) is 22.4. The van der Waals surface area contributed by atoms with Crippen molar-refractivity contribution in [1.29, 1.82) is 0 Å². The molecule has 5 nitrogen and oxygen atoms in total. The lowest BCUT2D eigenvalue weighted by Gasteiger charge is -2.12. The molecule has 28 heavy (non-hydrogen) atoms. The molecule has 0 saturated heterocycles. The summed E-state index contributed by atoms with van der Waals surface area (Å²) in [4.78, 5) is 12.4. The zero-order chi connectivity index (χ0) is 20.4. The van der Waals surface area contributed by atoms with Crippen molar-refractivity contribution in [1.82, 2.24) is 5.32 Å². The fourth-order valence-corrected chi connectivity index (χ4v) is 3.47. The smallest absolute Gasteiger partial charge is 0.257 e. The summed E-state index contributed by atoms with van der Waals surface area (Å²) in [5.41, 5.74) is 1.28. The van der Waals surface area contributed by atoms with E-state index in [1.54, 1.807) is 25.3 Å². The summed E-state index contributed by atoms with van der Waals surface area (Å²) < 4.78 is 11.8. The number of unbranched alkanes of at least 4 members (excludes halogenated alkanes) is 3. The predicted molar refractivity (Wildman–Crippen MR) is 125 cm³/mol. The Kier molecular flexibility index (Phi) is 9.49. The van der Waals surface area contributed by atoms with Crippen molar-refractivity contribution in [3.05, 3.63) is 51.6 Å². The number of halogens is 1. The van der Waals surface area contributed by atoms with Gasteiger partial charge in [-0.2, -0.15) is 0 Å². The highest BCUT2D eigenvalue weighted by Crippen LogP contribution is 2.22. The quantitative estimate of drug-likeness (QED) is 0.268. The number of rotatable bonds is 9. The molecule has 150 valence electrons. The third kappa shape index (κ3) is 7.27. The van der Waals surface area contributed by atoms with E-state index in [4.69, 9.17) is 21.7 Å². The van der Waals surface area contributed by atoms with Crippen molar-refractivity contribution >= 4 is 51.5 Å². The van der Waals surface area contributed by atoms with Crippen LogP contribution in [0.5, 0.6) is 11.5 Å². The number of amides is 1. The van der Waals surface area contributed by atoms with Crippen LogP contribution >= 0.6 is 34.8 Å². The van der Waals surface area contributed by atoms with E-state index in [0.717, 1.165) is 27.2 Å². The molecule has 0 spiro atoms. The summed E-state index contributed by atoms with van der Waals surface area (Å²) in [5, 5.41) is 5.95. The molecule has 0 aliphatic carbocycles. The summed E-state index contributed by atoms with van der Waals surface area (Å²) in [7, 11) is 1.60. The van der Waals surface area contributed by atoms with Gasteiger partial charge in [0.15, 0.2) is 5.11 Å². The second-order valence-electron chi connectivity index (χ2n) is 6.19. The van der Waals surface area contributed by atoms with Crippen molar-refractivity contribution in [3.8, 4) is 11.5 Å². The van der Waals surface area contributed by atoms with Crippen LogP contribution in [0, 0.1) is 3.57 Å². The van der Waals surface area contributed by atoms with Gasteiger partial charge in [0.25, 0.3) is 5.91 Å². The van der Waals surface area contributed by atoms with E-state index in [1.165, 1.54) is 19.3 Å². The minimum atomic E-state index is -0.276. The van der Waals surface area contributed by atoms with Gasteiger partial charge in [-0.15, -0.1) is 0 Å². The molecule has 0 heterocycles. The van der Waals surface area contributed by atoms with E-state index in [0.29, 0.717) is 12.2 Å². The molecule has 2 rings (SSSR count). The molecular formula is C21H25IN2O3S. The maximum atomic E-state index is 12.4. The van der Waals surface area contributed by atoms with Crippen LogP contribution in [0.1, 0.15) is 43.0 Å². The summed E-state index contributed by atoms with van der Waals surface area (Å²) in [5.74, 6) is 1.23. The Morgan fingerprint density at radius 2 is 1.96 bits per heavy atom. The monoisotopic (exact) mass is 512 g/mol. The van der Waals surface area contributed by atoms with E-state index < -0.39 is 0 Å². The molecule has 2 aromatic carbocycles. The number of anilines is 1. The van der Waals surface area contributed by atoms with E-state index in [1.807, 2.05) is 24.3 Å². The minimum Gasteiger partial charge on any atom is -0.496 e. The fourth-order valence-electron chi connectivity index (χ4n) is 2.53. The van der Waals surface area contributed by atoms with Crippen molar-refractivity contribution in [2.24, 2.45) is 0 Å². The normalized spacial score (nSPS) is 10.2. The third-order valence-electron chi connectivity index (χ3n) is 4.00. The Morgan fingerprint density at radius 3 is 2.68 bits per heavy atom. The van der Waals surface area contributed by atoms with Gasteiger partial charge < -0.3 is 14.8 Å². The number of carbonyl (C=O) groups excluding carboxylic acids is 1. The molecule has 1 amide bonds. The van der Waals surface area contributed by atoms with Crippen LogP contribution in [0.4, 0.5) is 5.69 Å². The van der Waals surface area contributed by atoms with Crippen LogP contribution in [0.2, 0.25) is 0 Å². The molecule has 0 bridgehead atoms. The van der Waals surface area contributed by atoms with Gasteiger partial charge in [0, 0.05) is 17.3 Å². The van der Waals surface area contributed by atoms with E-state index in [9.17, 15) is 4.79 Å². The van der Waals surface area contributed by atoms with Crippen molar-refractivity contribution in [3.63, 3.8) is 0 Å². The molecule has 2 aromatic rings. The third-order valence-corrected chi connectivity index (χ3v) is 5.05. The highest BCUT2D eigenvalue weighted by atomic mass is 127. The van der Waals surface area contributed by atoms with Gasteiger partial charge in [0.1, 0.15) is 11.5 Å². The fraction of sp³-hybridized carbons (Fsp3) is 0.333. The maximum Gasteiger partial charge on any atom is 0.257 e. The van der Waals surface area contributed by atoms with Crippen LogP contribution in [0.15, 0.2) is 42.5 Å². The Morgan fingerprint density at radius 1 is 1.14 bits per heavy atom. The number of benzene rings is 2. The Hall–Kier alpha value is -1.87. The SMILES string of the molecule is CCCCCCOc1cccc(NC(=S)NC(=O)c2ccc(OC)c(I)c2)c1. The zero-order valence-corrected chi connectivity index (χ0v) is 19.1. The van der Waals surface area contributed by atoms with Gasteiger partial charge >= 0.3 is 0 Å². The molecule has 0 saturated carbocycles. The lowest BCUT2D eigenvalue weighted by atomic mass is 10.2. The van der Waals surface area contributed by atoms with E-state index >= 15 is 0 Å². The molecule has 2 N–H and O–H groups in total. The Balaban J connectivity index is 1.87.